The SMILES string of the molecule is CCn1ccc(Nc2ncc(Br)c(Nc3ccc4nccnc4c3N(C)S(C)(=O)=O)n2)n1. The summed E-state index contributed by atoms with van der Waals surface area (Å²) < 4.78 is 28.2. The van der Waals surface area contributed by atoms with Crippen LogP contribution in [0.5, 0.6) is 0 Å². The first kappa shape index (κ1) is 21.9. The lowest BCUT2D eigenvalue weighted by Crippen LogP contribution is -2.26. The van der Waals surface area contributed by atoms with Crippen LogP contribution in [0, 0.1) is 0 Å². The van der Waals surface area contributed by atoms with E-state index in [2.05, 4.69) is 51.6 Å². The fourth-order valence-corrected chi connectivity index (χ4v) is 3.78. The van der Waals surface area contributed by atoms with Crippen LogP contribution in [0.3, 0.4) is 0 Å². The zero-order valence-electron chi connectivity index (χ0n) is 17.5. The molecule has 0 spiro atoms. The smallest absolute Gasteiger partial charge is 0.232 e. The molecule has 0 fully saturated rings. The van der Waals surface area contributed by atoms with Crippen LogP contribution >= 0.6 is 15.9 Å². The van der Waals surface area contributed by atoms with Crippen molar-refractivity contribution >= 4 is 65.9 Å². The van der Waals surface area contributed by atoms with Crippen molar-refractivity contribution in [3.63, 3.8) is 0 Å². The van der Waals surface area contributed by atoms with E-state index < -0.39 is 10.0 Å². The van der Waals surface area contributed by atoms with Crippen LogP contribution in [0.2, 0.25) is 0 Å². The molecular weight excluding hydrogens is 498 g/mol. The van der Waals surface area contributed by atoms with E-state index in [1.165, 1.54) is 13.2 Å². The average molecular weight is 518 g/mol. The summed E-state index contributed by atoms with van der Waals surface area (Å²) in [6, 6.07) is 5.32. The van der Waals surface area contributed by atoms with E-state index in [9.17, 15) is 8.42 Å². The number of rotatable bonds is 7. The summed E-state index contributed by atoms with van der Waals surface area (Å²) in [5.41, 5.74) is 1.87. The van der Waals surface area contributed by atoms with E-state index in [1.54, 1.807) is 29.2 Å². The molecule has 1 aromatic carbocycles. The molecular formula is C19H20BrN9O2S. The van der Waals surface area contributed by atoms with Crippen molar-refractivity contribution in [1.29, 1.82) is 0 Å². The summed E-state index contributed by atoms with van der Waals surface area (Å²) in [5, 5.41) is 10.6. The Morgan fingerprint density at radius 1 is 1.12 bits per heavy atom. The van der Waals surface area contributed by atoms with E-state index in [0.717, 1.165) is 17.1 Å². The molecule has 166 valence electrons. The number of anilines is 5. The third kappa shape index (κ3) is 4.48. The number of aryl methyl sites for hydroxylation is 1. The first-order valence-corrected chi connectivity index (χ1v) is 12.2. The normalized spacial score (nSPS) is 11.5. The monoisotopic (exact) mass is 517 g/mol. The molecule has 0 atom stereocenters. The fourth-order valence-electron chi connectivity index (χ4n) is 2.97. The van der Waals surface area contributed by atoms with E-state index in [1.807, 2.05) is 19.2 Å². The molecule has 0 aliphatic rings. The molecule has 0 saturated carbocycles. The van der Waals surface area contributed by atoms with Gasteiger partial charge in [0.25, 0.3) is 0 Å². The Hall–Kier alpha value is -3.32. The topological polar surface area (TPSA) is 131 Å². The molecule has 3 heterocycles. The van der Waals surface area contributed by atoms with Gasteiger partial charge in [0.05, 0.1) is 21.9 Å². The molecule has 0 bridgehead atoms. The van der Waals surface area contributed by atoms with Crippen molar-refractivity contribution in [2.24, 2.45) is 0 Å². The Bertz CT molecular complexity index is 1390. The van der Waals surface area contributed by atoms with Crippen molar-refractivity contribution in [3.8, 4) is 0 Å². The van der Waals surface area contributed by atoms with Gasteiger partial charge in [-0.05, 0) is 35.0 Å². The maximum atomic E-state index is 12.3. The Morgan fingerprint density at radius 2 is 1.91 bits per heavy atom. The lowest BCUT2D eigenvalue weighted by atomic mass is 10.2. The lowest BCUT2D eigenvalue weighted by Gasteiger charge is -2.22. The minimum Gasteiger partial charge on any atom is -0.337 e. The standard InChI is InChI=1S/C19H20BrN9O2S/c1-4-29-10-7-15(27-29)25-19-23-11-12(20)18(26-19)24-14-6-5-13-16(22-9-8-21-13)17(14)28(2)32(3,30)31/h5-11H,4H2,1-3H3,(H2,23,24,25,26,27). The molecule has 0 unspecified atom stereocenters. The number of sulfonamides is 1. The molecule has 32 heavy (non-hydrogen) atoms. The highest BCUT2D eigenvalue weighted by Crippen LogP contribution is 2.36. The van der Waals surface area contributed by atoms with E-state index in [4.69, 9.17) is 0 Å². The predicted octanol–water partition coefficient (Wildman–Crippen LogP) is 3.28. The molecule has 0 amide bonds. The van der Waals surface area contributed by atoms with Gasteiger partial charge in [-0.2, -0.15) is 10.1 Å². The molecule has 4 rings (SSSR count). The van der Waals surface area contributed by atoms with Gasteiger partial charge in [-0.25, -0.2) is 13.4 Å². The molecule has 4 aromatic rings. The predicted molar refractivity (Wildman–Crippen MR) is 127 cm³/mol. The molecule has 11 nitrogen and oxygen atoms in total. The number of aromatic nitrogens is 6. The highest BCUT2D eigenvalue weighted by atomic mass is 79.9. The van der Waals surface area contributed by atoms with E-state index in [0.29, 0.717) is 44.5 Å². The average Bonchev–Trinajstić information content (AvgIpc) is 3.22. The van der Waals surface area contributed by atoms with Crippen molar-refractivity contribution in [1.82, 2.24) is 29.7 Å². The number of hydrogen-bond acceptors (Lipinski definition) is 9. The number of nitrogens with zero attached hydrogens (tertiary/aromatic N) is 7. The quantitative estimate of drug-likeness (QED) is 0.378. The first-order valence-electron chi connectivity index (χ1n) is 9.54. The Balaban J connectivity index is 1.74. The molecule has 0 aliphatic carbocycles. The van der Waals surface area contributed by atoms with Gasteiger partial charge >= 0.3 is 0 Å². The number of nitrogens with one attached hydrogen (secondary N) is 2. The molecule has 0 aliphatic heterocycles. The largest absolute Gasteiger partial charge is 0.337 e. The summed E-state index contributed by atoms with van der Waals surface area (Å²) in [7, 11) is -2.09. The molecule has 13 heteroatoms. The Morgan fingerprint density at radius 3 is 2.62 bits per heavy atom. The minimum atomic E-state index is -3.56. The lowest BCUT2D eigenvalue weighted by molar-refractivity contribution is 0.600. The van der Waals surface area contributed by atoms with Crippen molar-refractivity contribution in [3.05, 3.63) is 47.5 Å². The van der Waals surface area contributed by atoms with Gasteiger partial charge < -0.3 is 10.6 Å². The van der Waals surface area contributed by atoms with Gasteiger partial charge in [-0.3, -0.25) is 19.0 Å². The third-order valence-electron chi connectivity index (χ3n) is 4.63. The van der Waals surface area contributed by atoms with Crippen LogP contribution in [-0.2, 0) is 16.6 Å². The van der Waals surface area contributed by atoms with Crippen LogP contribution in [0.25, 0.3) is 11.0 Å². The van der Waals surface area contributed by atoms with Gasteiger partial charge in [-0.15, -0.1) is 0 Å². The van der Waals surface area contributed by atoms with Crippen molar-refractivity contribution < 1.29 is 8.42 Å². The summed E-state index contributed by atoms with van der Waals surface area (Å²) in [6.07, 6.45) is 7.64. The van der Waals surface area contributed by atoms with E-state index >= 15 is 0 Å². The number of halogens is 1. The zero-order valence-corrected chi connectivity index (χ0v) is 19.9. The van der Waals surface area contributed by atoms with Crippen LogP contribution in [0.4, 0.5) is 29.0 Å². The number of fused-ring (bicyclic) bond motifs is 1. The second-order valence-corrected chi connectivity index (χ2v) is 9.68. The van der Waals surface area contributed by atoms with Gasteiger partial charge in [0.15, 0.2) is 5.82 Å². The highest BCUT2D eigenvalue weighted by molar-refractivity contribution is 9.10. The van der Waals surface area contributed by atoms with Gasteiger partial charge in [0, 0.05) is 44.4 Å². The van der Waals surface area contributed by atoms with Crippen LogP contribution in [-0.4, -0.2) is 51.4 Å². The number of hydrogen-bond donors (Lipinski definition) is 2. The summed E-state index contributed by atoms with van der Waals surface area (Å²) in [4.78, 5) is 17.4. The summed E-state index contributed by atoms with van der Waals surface area (Å²) in [5.74, 6) is 1.37. The van der Waals surface area contributed by atoms with Gasteiger partial charge in [-0.1, -0.05) is 0 Å². The van der Waals surface area contributed by atoms with Gasteiger partial charge in [0.1, 0.15) is 17.0 Å². The highest BCUT2D eigenvalue weighted by Gasteiger charge is 2.21. The van der Waals surface area contributed by atoms with E-state index in [-0.39, 0.29) is 0 Å². The summed E-state index contributed by atoms with van der Waals surface area (Å²) >= 11 is 3.44. The van der Waals surface area contributed by atoms with Crippen molar-refractivity contribution in [2.45, 2.75) is 13.5 Å². The summed E-state index contributed by atoms with van der Waals surface area (Å²) in [6.45, 7) is 2.74. The van der Waals surface area contributed by atoms with Crippen LogP contribution in [0.15, 0.2) is 47.5 Å². The number of benzene rings is 1. The molecule has 0 saturated heterocycles. The van der Waals surface area contributed by atoms with Gasteiger partial charge in [0.2, 0.25) is 16.0 Å². The maximum Gasteiger partial charge on any atom is 0.232 e. The minimum absolute atomic E-state index is 0.329. The molecule has 3 aromatic heterocycles. The zero-order chi connectivity index (χ0) is 22.9. The molecule has 0 radical (unpaired) electrons. The third-order valence-corrected chi connectivity index (χ3v) is 6.39. The van der Waals surface area contributed by atoms with Crippen LogP contribution < -0.4 is 14.9 Å². The maximum absolute atomic E-state index is 12.3. The second-order valence-electron chi connectivity index (χ2n) is 6.81. The fraction of sp³-hybridized carbons (Fsp3) is 0.211. The second kappa shape index (κ2) is 8.67. The van der Waals surface area contributed by atoms with Crippen molar-refractivity contribution in [2.75, 3.05) is 28.2 Å². The Kier molecular flexibility index (Phi) is 5.93. The van der Waals surface area contributed by atoms with Crippen LogP contribution in [0.1, 0.15) is 6.92 Å². The molecule has 2 N–H and O–H groups in total. The Labute approximate surface area is 193 Å². The first-order chi connectivity index (χ1) is 15.3.